The van der Waals surface area contributed by atoms with Crippen molar-refractivity contribution in [3.8, 4) is 11.5 Å². The first-order valence-corrected chi connectivity index (χ1v) is 11.3. The molecule has 0 radical (unpaired) electrons. The van der Waals surface area contributed by atoms with Crippen LogP contribution in [0.5, 0.6) is 11.5 Å². The maximum atomic E-state index is 12.9. The molecule has 0 atom stereocenters. The van der Waals surface area contributed by atoms with Crippen molar-refractivity contribution < 1.29 is 32.2 Å². The number of esters is 1. The van der Waals surface area contributed by atoms with Gasteiger partial charge in [0.15, 0.2) is 11.5 Å². The molecular formula is C21H25N3O7S. The number of sulfonamides is 1. The lowest BCUT2D eigenvalue weighted by Crippen LogP contribution is -2.32. The molecule has 0 aliphatic carbocycles. The van der Waals surface area contributed by atoms with Gasteiger partial charge in [-0.1, -0.05) is 0 Å². The number of carbonyl (C=O) groups excluding carboxylic acids is 2. The van der Waals surface area contributed by atoms with Crippen LogP contribution in [0.2, 0.25) is 0 Å². The van der Waals surface area contributed by atoms with Gasteiger partial charge in [-0.25, -0.2) is 18.0 Å². The highest BCUT2D eigenvalue weighted by Gasteiger charge is 2.23. The van der Waals surface area contributed by atoms with Crippen LogP contribution < -0.4 is 19.5 Å². The van der Waals surface area contributed by atoms with Crippen LogP contribution in [0, 0.1) is 0 Å². The van der Waals surface area contributed by atoms with Gasteiger partial charge in [0.2, 0.25) is 0 Å². The first kappa shape index (κ1) is 23.2. The molecule has 0 saturated carbocycles. The molecule has 1 aliphatic rings. The van der Waals surface area contributed by atoms with Crippen LogP contribution in [0.1, 0.15) is 23.2 Å². The van der Waals surface area contributed by atoms with Crippen LogP contribution in [0.15, 0.2) is 41.3 Å². The lowest BCUT2D eigenvalue weighted by molar-refractivity contribution is 0.0601. The van der Waals surface area contributed by atoms with Crippen molar-refractivity contribution in [2.45, 2.75) is 17.7 Å². The summed E-state index contributed by atoms with van der Waals surface area (Å²) < 4.78 is 43.4. The summed E-state index contributed by atoms with van der Waals surface area (Å²) >= 11 is 0. The lowest BCUT2D eigenvalue weighted by atomic mass is 10.1. The van der Waals surface area contributed by atoms with E-state index in [2.05, 4.69) is 10.0 Å². The normalized spacial score (nSPS) is 13.4. The summed E-state index contributed by atoms with van der Waals surface area (Å²) in [7, 11) is -0.0857. The van der Waals surface area contributed by atoms with E-state index in [1.807, 2.05) is 0 Å². The minimum atomic E-state index is -4.06. The molecule has 0 aromatic heterocycles. The van der Waals surface area contributed by atoms with Crippen molar-refractivity contribution in [2.75, 3.05) is 44.5 Å². The number of anilines is 2. The Morgan fingerprint density at radius 1 is 0.938 bits per heavy atom. The summed E-state index contributed by atoms with van der Waals surface area (Å²) in [6, 6.07) is 8.18. The van der Waals surface area contributed by atoms with Gasteiger partial charge < -0.3 is 24.4 Å². The van der Waals surface area contributed by atoms with Crippen molar-refractivity contribution in [3.63, 3.8) is 0 Å². The van der Waals surface area contributed by atoms with E-state index in [1.165, 1.54) is 57.7 Å². The minimum absolute atomic E-state index is 0.0269. The monoisotopic (exact) mass is 463 g/mol. The largest absolute Gasteiger partial charge is 0.493 e. The first-order chi connectivity index (χ1) is 15.3. The molecular weight excluding hydrogens is 438 g/mol. The number of likely N-dealkylation sites (tertiary alicyclic amines) is 1. The van der Waals surface area contributed by atoms with Gasteiger partial charge in [0.05, 0.1) is 37.5 Å². The summed E-state index contributed by atoms with van der Waals surface area (Å²) in [6.45, 7) is 1.41. The fourth-order valence-electron chi connectivity index (χ4n) is 3.29. The molecule has 2 aromatic rings. The van der Waals surface area contributed by atoms with E-state index in [0.717, 1.165) is 12.8 Å². The number of carbonyl (C=O) groups is 2. The number of methoxy groups -OCH3 is 3. The Balaban J connectivity index is 1.84. The number of nitrogens with one attached hydrogen (secondary N) is 2. The van der Waals surface area contributed by atoms with Gasteiger partial charge in [0.25, 0.3) is 10.0 Å². The molecule has 0 bridgehead atoms. The third-order valence-corrected chi connectivity index (χ3v) is 6.36. The van der Waals surface area contributed by atoms with Crippen molar-refractivity contribution in [3.05, 3.63) is 42.0 Å². The molecule has 2 aromatic carbocycles. The van der Waals surface area contributed by atoms with Crippen LogP contribution in [0.3, 0.4) is 0 Å². The maximum Gasteiger partial charge on any atom is 0.340 e. The summed E-state index contributed by atoms with van der Waals surface area (Å²) in [5.74, 6) is -0.268. The number of hydrogen-bond donors (Lipinski definition) is 2. The summed E-state index contributed by atoms with van der Waals surface area (Å²) in [5, 5.41) is 2.75. The Morgan fingerprint density at radius 3 is 2.09 bits per heavy atom. The van der Waals surface area contributed by atoms with Gasteiger partial charge in [-0.05, 0) is 37.1 Å². The Bertz CT molecular complexity index is 1100. The van der Waals surface area contributed by atoms with Crippen LogP contribution in [-0.4, -0.2) is 59.7 Å². The summed E-state index contributed by atoms with van der Waals surface area (Å²) in [4.78, 5) is 26.0. The third-order valence-electron chi connectivity index (χ3n) is 4.98. The standard InChI is InChI=1S/C21H25N3O7S/c1-29-18-12-16(20(25)31-3)17(13-19(18)30-2)23-32(27,28)15-8-6-14(7-9-15)22-21(26)24-10-4-5-11-24/h6-9,12-13,23H,4-5,10-11H2,1-3H3,(H,22,26). The molecule has 32 heavy (non-hydrogen) atoms. The fraction of sp³-hybridized carbons (Fsp3) is 0.333. The second-order valence-electron chi connectivity index (χ2n) is 7.00. The highest BCUT2D eigenvalue weighted by molar-refractivity contribution is 7.92. The Morgan fingerprint density at radius 2 is 1.53 bits per heavy atom. The van der Waals surface area contributed by atoms with E-state index in [-0.39, 0.29) is 33.7 Å². The molecule has 1 aliphatic heterocycles. The molecule has 2 N–H and O–H groups in total. The second kappa shape index (κ2) is 9.77. The summed E-state index contributed by atoms with van der Waals surface area (Å²) in [5.41, 5.74) is 0.409. The average Bonchev–Trinajstić information content (AvgIpc) is 3.33. The Labute approximate surface area is 186 Å². The number of nitrogens with zero attached hydrogens (tertiary/aromatic N) is 1. The molecule has 1 heterocycles. The number of hydrogen-bond acceptors (Lipinski definition) is 7. The number of rotatable bonds is 7. The molecule has 0 unspecified atom stereocenters. The van der Waals surface area contributed by atoms with Crippen molar-refractivity contribution >= 4 is 33.4 Å². The zero-order valence-electron chi connectivity index (χ0n) is 18.0. The molecule has 10 nitrogen and oxygen atoms in total. The molecule has 1 fully saturated rings. The fourth-order valence-corrected chi connectivity index (χ4v) is 4.36. The third kappa shape index (κ3) is 5.05. The molecule has 11 heteroatoms. The van der Waals surface area contributed by atoms with Crippen LogP contribution in [0.25, 0.3) is 0 Å². The zero-order valence-corrected chi connectivity index (χ0v) is 18.8. The smallest absolute Gasteiger partial charge is 0.340 e. The van der Waals surface area contributed by atoms with E-state index in [9.17, 15) is 18.0 Å². The average molecular weight is 464 g/mol. The number of ether oxygens (including phenoxy) is 3. The Kier molecular flexibility index (Phi) is 7.08. The molecule has 1 saturated heterocycles. The predicted molar refractivity (Wildman–Crippen MR) is 118 cm³/mol. The van der Waals surface area contributed by atoms with E-state index in [4.69, 9.17) is 14.2 Å². The van der Waals surface area contributed by atoms with Gasteiger partial charge in [-0.15, -0.1) is 0 Å². The quantitative estimate of drug-likeness (QED) is 0.605. The van der Waals surface area contributed by atoms with Gasteiger partial charge in [0.1, 0.15) is 0 Å². The van der Waals surface area contributed by atoms with Crippen LogP contribution >= 0.6 is 0 Å². The van der Waals surface area contributed by atoms with E-state index >= 15 is 0 Å². The first-order valence-electron chi connectivity index (χ1n) is 9.82. The van der Waals surface area contributed by atoms with E-state index in [0.29, 0.717) is 18.8 Å². The van der Waals surface area contributed by atoms with E-state index < -0.39 is 16.0 Å². The molecule has 0 spiro atoms. The van der Waals surface area contributed by atoms with Gasteiger partial charge in [0, 0.05) is 30.9 Å². The highest BCUT2D eigenvalue weighted by atomic mass is 32.2. The Hall–Kier alpha value is -3.47. The highest BCUT2D eigenvalue weighted by Crippen LogP contribution is 2.35. The molecule has 172 valence electrons. The van der Waals surface area contributed by atoms with Crippen LogP contribution in [0.4, 0.5) is 16.2 Å². The number of benzene rings is 2. The SMILES string of the molecule is COC(=O)c1cc(OC)c(OC)cc1NS(=O)(=O)c1ccc(NC(=O)N2CCCC2)cc1. The lowest BCUT2D eigenvalue weighted by Gasteiger charge is -2.17. The summed E-state index contributed by atoms with van der Waals surface area (Å²) in [6.07, 6.45) is 1.94. The van der Waals surface area contributed by atoms with Crippen molar-refractivity contribution in [1.82, 2.24) is 4.90 Å². The molecule has 3 rings (SSSR count). The van der Waals surface area contributed by atoms with Crippen molar-refractivity contribution in [2.24, 2.45) is 0 Å². The van der Waals surface area contributed by atoms with Crippen molar-refractivity contribution in [1.29, 1.82) is 0 Å². The topological polar surface area (TPSA) is 123 Å². The number of urea groups is 1. The van der Waals surface area contributed by atoms with Gasteiger partial charge in [-0.3, -0.25) is 4.72 Å². The van der Waals surface area contributed by atoms with Crippen LogP contribution in [-0.2, 0) is 14.8 Å². The maximum absolute atomic E-state index is 12.9. The predicted octanol–water partition coefficient (Wildman–Crippen LogP) is 2.92. The number of amides is 2. The van der Waals surface area contributed by atoms with Gasteiger partial charge in [-0.2, -0.15) is 0 Å². The minimum Gasteiger partial charge on any atom is -0.493 e. The van der Waals surface area contributed by atoms with Gasteiger partial charge >= 0.3 is 12.0 Å². The zero-order chi connectivity index (χ0) is 23.3. The second-order valence-corrected chi connectivity index (χ2v) is 8.68. The van der Waals surface area contributed by atoms with E-state index in [1.54, 1.807) is 4.90 Å². The molecule has 2 amide bonds.